The summed E-state index contributed by atoms with van der Waals surface area (Å²) in [5.41, 5.74) is 0.518. The zero-order chi connectivity index (χ0) is 19.3. The second kappa shape index (κ2) is 8.43. The van der Waals surface area contributed by atoms with E-state index in [1.165, 1.54) is 0 Å². The van der Waals surface area contributed by atoms with Crippen LogP contribution in [0.2, 0.25) is 0 Å². The fourth-order valence-electron chi connectivity index (χ4n) is 3.16. The highest BCUT2D eigenvalue weighted by Crippen LogP contribution is 2.27. The predicted molar refractivity (Wildman–Crippen MR) is 100 cm³/mol. The van der Waals surface area contributed by atoms with Crippen molar-refractivity contribution < 1.29 is 19.1 Å². The van der Waals surface area contributed by atoms with Crippen molar-refractivity contribution in [1.29, 1.82) is 0 Å². The Bertz CT molecular complexity index is 644. The summed E-state index contributed by atoms with van der Waals surface area (Å²) >= 11 is 0. The molecule has 1 aliphatic rings. The molecular formula is C20H30N2O4. The molecule has 1 saturated heterocycles. The minimum Gasteiger partial charge on any atom is -0.493 e. The molecule has 26 heavy (non-hydrogen) atoms. The van der Waals surface area contributed by atoms with E-state index in [2.05, 4.69) is 5.32 Å². The molecule has 1 N–H and O–H groups in total. The van der Waals surface area contributed by atoms with Crippen molar-refractivity contribution in [3.8, 4) is 11.5 Å². The minimum absolute atomic E-state index is 0.0159. The molecule has 1 aromatic rings. The fraction of sp³-hybridized carbons (Fsp3) is 0.600. The number of nitrogens with zero attached hydrogens (tertiary/aromatic N) is 1. The lowest BCUT2D eigenvalue weighted by Gasteiger charge is -2.36. The van der Waals surface area contributed by atoms with Crippen LogP contribution in [-0.4, -0.2) is 50.1 Å². The van der Waals surface area contributed by atoms with Gasteiger partial charge in [-0.3, -0.25) is 9.59 Å². The molecule has 0 atom stereocenters. The van der Waals surface area contributed by atoms with E-state index in [1.807, 2.05) is 37.8 Å². The first-order valence-electron chi connectivity index (χ1n) is 9.04. The SMILES string of the molecule is COc1ccc(CC(=O)NC2CCN(C(=O)C(C)(C)C)CC2)cc1OC. The fourth-order valence-corrected chi connectivity index (χ4v) is 3.16. The molecule has 0 bridgehead atoms. The second-order valence-electron chi connectivity index (χ2n) is 7.75. The standard InChI is InChI=1S/C20H30N2O4/c1-20(2,3)19(24)22-10-8-15(9-11-22)21-18(23)13-14-6-7-16(25-4)17(12-14)26-5/h6-7,12,15H,8-11,13H2,1-5H3,(H,21,23). The van der Waals surface area contributed by atoms with Crippen LogP contribution in [-0.2, 0) is 16.0 Å². The van der Waals surface area contributed by atoms with Gasteiger partial charge in [-0.1, -0.05) is 26.8 Å². The number of ether oxygens (including phenoxy) is 2. The normalized spacial score (nSPS) is 15.5. The van der Waals surface area contributed by atoms with Crippen LogP contribution in [0.5, 0.6) is 11.5 Å². The Kier molecular flexibility index (Phi) is 6.51. The molecule has 0 spiro atoms. The molecule has 0 saturated carbocycles. The van der Waals surface area contributed by atoms with Crippen molar-refractivity contribution in [2.45, 2.75) is 46.1 Å². The number of likely N-dealkylation sites (tertiary alicyclic amines) is 1. The van der Waals surface area contributed by atoms with E-state index in [4.69, 9.17) is 9.47 Å². The monoisotopic (exact) mass is 362 g/mol. The van der Waals surface area contributed by atoms with Gasteiger partial charge in [0.05, 0.1) is 20.6 Å². The first-order valence-corrected chi connectivity index (χ1v) is 9.04. The third kappa shape index (κ3) is 5.13. The number of carbonyl (C=O) groups is 2. The number of benzene rings is 1. The molecule has 1 heterocycles. The molecule has 1 aliphatic heterocycles. The highest BCUT2D eigenvalue weighted by molar-refractivity contribution is 5.82. The van der Waals surface area contributed by atoms with Crippen molar-refractivity contribution in [1.82, 2.24) is 10.2 Å². The molecule has 2 amide bonds. The van der Waals surface area contributed by atoms with Crippen LogP contribution in [0.1, 0.15) is 39.2 Å². The summed E-state index contributed by atoms with van der Waals surface area (Å²) in [5.74, 6) is 1.42. The van der Waals surface area contributed by atoms with Crippen molar-refractivity contribution in [2.24, 2.45) is 5.41 Å². The third-order valence-electron chi connectivity index (χ3n) is 4.60. The van der Waals surface area contributed by atoms with Crippen LogP contribution in [0.15, 0.2) is 18.2 Å². The summed E-state index contributed by atoms with van der Waals surface area (Å²) in [7, 11) is 3.16. The van der Waals surface area contributed by atoms with Crippen LogP contribution in [0.3, 0.4) is 0 Å². The Balaban J connectivity index is 1.85. The predicted octanol–water partition coefficient (Wildman–Crippen LogP) is 2.40. The Labute approximate surface area is 155 Å². The average molecular weight is 362 g/mol. The van der Waals surface area contributed by atoms with Gasteiger partial charge in [0, 0.05) is 24.5 Å². The largest absolute Gasteiger partial charge is 0.493 e. The van der Waals surface area contributed by atoms with Crippen molar-refractivity contribution in [3.05, 3.63) is 23.8 Å². The summed E-state index contributed by atoms with van der Waals surface area (Å²) < 4.78 is 10.5. The molecule has 0 aromatic heterocycles. The Morgan fingerprint density at radius 3 is 2.27 bits per heavy atom. The summed E-state index contributed by atoms with van der Waals surface area (Å²) in [6.07, 6.45) is 1.88. The van der Waals surface area contributed by atoms with Crippen LogP contribution in [0, 0.1) is 5.41 Å². The van der Waals surface area contributed by atoms with Crippen molar-refractivity contribution >= 4 is 11.8 Å². The molecule has 0 aliphatic carbocycles. The van der Waals surface area contributed by atoms with E-state index in [-0.39, 0.29) is 23.3 Å². The minimum atomic E-state index is -0.358. The van der Waals surface area contributed by atoms with E-state index < -0.39 is 0 Å². The van der Waals surface area contributed by atoms with E-state index in [9.17, 15) is 9.59 Å². The van der Waals surface area contributed by atoms with Crippen molar-refractivity contribution in [3.63, 3.8) is 0 Å². The molecule has 1 aromatic carbocycles. The lowest BCUT2D eigenvalue weighted by Crippen LogP contribution is -2.49. The summed E-state index contributed by atoms with van der Waals surface area (Å²) in [6, 6.07) is 5.61. The summed E-state index contributed by atoms with van der Waals surface area (Å²) in [4.78, 5) is 26.6. The van der Waals surface area contributed by atoms with Crippen LogP contribution >= 0.6 is 0 Å². The zero-order valence-electron chi connectivity index (χ0n) is 16.4. The summed E-state index contributed by atoms with van der Waals surface area (Å²) in [6.45, 7) is 7.19. The zero-order valence-corrected chi connectivity index (χ0v) is 16.4. The molecule has 2 rings (SSSR count). The number of hydrogen-bond acceptors (Lipinski definition) is 4. The number of piperidine rings is 1. The smallest absolute Gasteiger partial charge is 0.227 e. The van der Waals surface area contributed by atoms with Gasteiger partial charge in [0.25, 0.3) is 0 Å². The van der Waals surface area contributed by atoms with Gasteiger partial charge in [0.1, 0.15) is 0 Å². The van der Waals surface area contributed by atoms with E-state index in [0.717, 1.165) is 18.4 Å². The Morgan fingerprint density at radius 1 is 1.12 bits per heavy atom. The average Bonchev–Trinajstić information content (AvgIpc) is 2.60. The lowest BCUT2D eigenvalue weighted by atomic mass is 9.93. The maximum Gasteiger partial charge on any atom is 0.227 e. The van der Waals surface area contributed by atoms with Gasteiger partial charge in [-0.25, -0.2) is 0 Å². The third-order valence-corrected chi connectivity index (χ3v) is 4.60. The number of carbonyl (C=O) groups excluding carboxylic acids is 2. The van der Waals surface area contributed by atoms with Crippen LogP contribution in [0.25, 0.3) is 0 Å². The quantitative estimate of drug-likeness (QED) is 0.873. The molecule has 6 heteroatoms. The number of amides is 2. The van der Waals surface area contributed by atoms with Gasteiger partial charge in [0.15, 0.2) is 11.5 Å². The molecule has 1 fully saturated rings. The van der Waals surface area contributed by atoms with Gasteiger partial charge < -0.3 is 19.7 Å². The highest BCUT2D eigenvalue weighted by Gasteiger charge is 2.30. The van der Waals surface area contributed by atoms with Crippen molar-refractivity contribution in [2.75, 3.05) is 27.3 Å². The van der Waals surface area contributed by atoms with Gasteiger partial charge in [0.2, 0.25) is 11.8 Å². The first kappa shape index (κ1) is 20.1. The second-order valence-corrected chi connectivity index (χ2v) is 7.75. The Morgan fingerprint density at radius 2 is 1.73 bits per heavy atom. The number of methoxy groups -OCH3 is 2. The number of nitrogens with one attached hydrogen (secondary N) is 1. The topological polar surface area (TPSA) is 67.9 Å². The van der Waals surface area contributed by atoms with E-state index in [1.54, 1.807) is 20.3 Å². The number of rotatable bonds is 5. The number of hydrogen-bond donors (Lipinski definition) is 1. The van der Waals surface area contributed by atoms with E-state index >= 15 is 0 Å². The van der Waals surface area contributed by atoms with Gasteiger partial charge in [-0.05, 0) is 30.5 Å². The lowest BCUT2D eigenvalue weighted by molar-refractivity contribution is -0.140. The molecular weight excluding hydrogens is 332 g/mol. The molecule has 0 radical (unpaired) electrons. The van der Waals surface area contributed by atoms with Gasteiger partial charge in [-0.15, -0.1) is 0 Å². The Hall–Kier alpha value is -2.24. The molecule has 144 valence electrons. The first-order chi connectivity index (χ1) is 12.2. The maximum absolute atomic E-state index is 12.3. The van der Waals surface area contributed by atoms with E-state index in [0.29, 0.717) is 31.0 Å². The highest BCUT2D eigenvalue weighted by atomic mass is 16.5. The van der Waals surface area contributed by atoms with Crippen LogP contribution < -0.4 is 14.8 Å². The van der Waals surface area contributed by atoms with Gasteiger partial charge >= 0.3 is 0 Å². The molecule has 0 unspecified atom stereocenters. The van der Waals surface area contributed by atoms with Crippen LogP contribution in [0.4, 0.5) is 0 Å². The summed E-state index contributed by atoms with van der Waals surface area (Å²) in [5, 5.41) is 3.08. The van der Waals surface area contributed by atoms with Gasteiger partial charge in [-0.2, -0.15) is 0 Å². The molecule has 6 nitrogen and oxygen atoms in total. The maximum atomic E-state index is 12.3.